The summed E-state index contributed by atoms with van der Waals surface area (Å²) in [5.41, 5.74) is 1.20. The molecule has 108 valence electrons. The molecule has 1 aromatic rings. The van der Waals surface area contributed by atoms with Crippen LogP contribution in [0, 0.1) is 5.92 Å². The highest BCUT2D eigenvalue weighted by Gasteiger charge is 2.28. The number of hydrogen-bond acceptors (Lipinski definition) is 3. The van der Waals surface area contributed by atoms with Gasteiger partial charge < -0.3 is 10.2 Å². The van der Waals surface area contributed by atoms with E-state index >= 15 is 0 Å². The second kappa shape index (κ2) is 6.12. The smallest absolute Gasteiger partial charge is 0.223 e. The Bertz CT molecular complexity index is 482. The first-order valence-electron chi connectivity index (χ1n) is 7.39. The number of aromatic nitrogens is 1. The summed E-state index contributed by atoms with van der Waals surface area (Å²) in [7, 11) is 0. The summed E-state index contributed by atoms with van der Waals surface area (Å²) in [6, 6.07) is 2.39. The third-order valence-electron chi connectivity index (χ3n) is 4.41. The molecule has 0 radical (unpaired) electrons. The molecule has 1 aliphatic carbocycles. The Morgan fingerprint density at radius 3 is 2.65 bits per heavy atom. The molecule has 5 heteroatoms. The van der Waals surface area contributed by atoms with Gasteiger partial charge in [-0.15, -0.1) is 0 Å². The normalized spacial score (nSPS) is 20.6. The molecule has 20 heavy (non-hydrogen) atoms. The number of halogens is 1. The Balaban J connectivity index is 1.52. The second-order valence-electron chi connectivity index (χ2n) is 5.72. The molecule has 1 saturated heterocycles. The summed E-state index contributed by atoms with van der Waals surface area (Å²) in [5, 5.41) is 3.22. The van der Waals surface area contributed by atoms with Crippen LogP contribution in [0.5, 0.6) is 0 Å². The zero-order valence-electron chi connectivity index (χ0n) is 11.5. The number of rotatable bonds is 3. The van der Waals surface area contributed by atoms with Crippen molar-refractivity contribution in [2.24, 2.45) is 5.92 Å². The highest BCUT2D eigenvalue weighted by Crippen LogP contribution is 2.29. The molecule has 1 N–H and O–H groups in total. The van der Waals surface area contributed by atoms with Crippen molar-refractivity contribution in [2.75, 3.05) is 18.0 Å². The fourth-order valence-corrected chi connectivity index (χ4v) is 3.38. The SMILES string of the molecule is O=C(NC1CCN(c2ccncc2Br)CC1)C1CCC1. The Labute approximate surface area is 128 Å². The van der Waals surface area contributed by atoms with E-state index in [0.29, 0.717) is 12.0 Å². The average Bonchev–Trinajstić information content (AvgIpc) is 2.38. The van der Waals surface area contributed by atoms with Gasteiger partial charge in [0.15, 0.2) is 0 Å². The lowest BCUT2D eigenvalue weighted by atomic mass is 9.84. The molecule has 2 fully saturated rings. The zero-order chi connectivity index (χ0) is 13.9. The van der Waals surface area contributed by atoms with Crippen molar-refractivity contribution in [2.45, 2.75) is 38.1 Å². The average molecular weight is 338 g/mol. The molecule has 2 aliphatic rings. The number of pyridine rings is 1. The fraction of sp³-hybridized carbons (Fsp3) is 0.600. The summed E-state index contributed by atoms with van der Waals surface area (Å²) in [4.78, 5) is 18.4. The van der Waals surface area contributed by atoms with Crippen LogP contribution in [-0.2, 0) is 4.79 Å². The van der Waals surface area contributed by atoms with E-state index in [1.807, 2.05) is 18.5 Å². The summed E-state index contributed by atoms with van der Waals surface area (Å²) in [6.45, 7) is 1.97. The van der Waals surface area contributed by atoms with E-state index < -0.39 is 0 Å². The van der Waals surface area contributed by atoms with Crippen LogP contribution in [-0.4, -0.2) is 30.0 Å². The van der Waals surface area contributed by atoms with Gasteiger partial charge in [-0.1, -0.05) is 6.42 Å². The molecule has 1 amide bonds. The predicted octanol–water partition coefficient (Wildman–Crippen LogP) is 2.73. The third kappa shape index (κ3) is 2.97. The maximum atomic E-state index is 12.0. The minimum absolute atomic E-state index is 0.278. The van der Waals surface area contributed by atoms with Crippen LogP contribution in [0.1, 0.15) is 32.1 Å². The van der Waals surface area contributed by atoms with Gasteiger partial charge in [0.25, 0.3) is 0 Å². The number of piperidine rings is 1. The molecule has 3 rings (SSSR count). The number of carbonyl (C=O) groups is 1. The lowest BCUT2D eigenvalue weighted by Gasteiger charge is -2.35. The highest BCUT2D eigenvalue weighted by atomic mass is 79.9. The number of anilines is 1. The van der Waals surface area contributed by atoms with Gasteiger partial charge in [0.05, 0.1) is 10.2 Å². The topological polar surface area (TPSA) is 45.2 Å². The molecule has 1 aliphatic heterocycles. The summed E-state index contributed by atoms with van der Waals surface area (Å²) < 4.78 is 1.04. The maximum Gasteiger partial charge on any atom is 0.223 e. The Morgan fingerprint density at radius 1 is 1.30 bits per heavy atom. The molecular formula is C15H20BrN3O. The van der Waals surface area contributed by atoms with E-state index in [-0.39, 0.29) is 5.91 Å². The van der Waals surface area contributed by atoms with Crippen molar-refractivity contribution >= 4 is 27.5 Å². The van der Waals surface area contributed by atoms with Gasteiger partial charge in [-0.3, -0.25) is 9.78 Å². The van der Waals surface area contributed by atoms with Crippen LogP contribution in [0.25, 0.3) is 0 Å². The molecule has 0 bridgehead atoms. The fourth-order valence-electron chi connectivity index (χ4n) is 2.88. The molecule has 0 spiro atoms. The number of carbonyl (C=O) groups excluding carboxylic acids is 1. The van der Waals surface area contributed by atoms with E-state index in [9.17, 15) is 4.79 Å². The summed E-state index contributed by atoms with van der Waals surface area (Å²) in [5.74, 6) is 0.571. The standard InChI is InChI=1S/C15H20BrN3O/c16-13-10-17-7-4-14(13)19-8-5-12(6-9-19)18-15(20)11-2-1-3-11/h4,7,10-12H,1-3,5-6,8-9H2,(H,18,20). The maximum absolute atomic E-state index is 12.0. The van der Waals surface area contributed by atoms with Crippen LogP contribution in [0.2, 0.25) is 0 Å². The van der Waals surface area contributed by atoms with Gasteiger partial charge in [-0.25, -0.2) is 0 Å². The van der Waals surface area contributed by atoms with Gasteiger partial charge in [0, 0.05) is 37.4 Å². The van der Waals surface area contributed by atoms with Crippen LogP contribution >= 0.6 is 15.9 Å². The van der Waals surface area contributed by atoms with Crippen molar-refractivity contribution in [3.05, 3.63) is 22.9 Å². The quantitative estimate of drug-likeness (QED) is 0.922. The first kappa shape index (κ1) is 13.9. The van der Waals surface area contributed by atoms with E-state index in [0.717, 1.165) is 43.2 Å². The van der Waals surface area contributed by atoms with Gasteiger partial charge in [-0.05, 0) is 47.7 Å². The first-order chi connectivity index (χ1) is 9.74. The Kier molecular flexibility index (Phi) is 4.24. The van der Waals surface area contributed by atoms with Gasteiger partial charge in [0.2, 0.25) is 5.91 Å². The van der Waals surface area contributed by atoms with Crippen molar-refractivity contribution in [3.63, 3.8) is 0 Å². The number of nitrogens with zero attached hydrogens (tertiary/aromatic N) is 2. The molecule has 1 saturated carbocycles. The van der Waals surface area contributed by atoms with Gasteiger partial charge in [0.1, 0.15) is 0 Å². The Hall–Kier alpha value is -1.10. The summed E-state index contributed by atoms with van der Waals surface area (Å²) >= 11 is 3.55. The molecule has 0 aromatic carbocycles. The largest absolute Gasteiger partial charge is 0.370 e. The molecule has 4 nitrogen and oxygen atoms in total. The van der Waals surface area contributed by atoms with Crippen LogP contribution in [0.3, 0.4) is 0 Å². The van der Waals surface area contributed by atoms with E-state index in [2.05, 4.69) is 31.1 Å². The zero-order valence-corrected chi connectivity index (χ0v) is 13.1. The van der Waals surface area contributed by atoms with E-state index in [1.54, 1.807) is 0 Å². The molecule has 0 unspecified atom stereocenters. The van der Waals surface area contributed by atoms with Crippen molar-refractivity contribution < 1.29 is 4.79 Å². The Morgan fingerprint density at radius 2 is 2.05 bits per heavy atom. The van der Waals surface area contributed by atoms with Crippen LogP contribution < -0.4 is 10.2 Å². The minimum Gasteiger partial charge on any atom is -0.370 e. The molecule has 0 atom stereocenters. The number of hydrogen-bond donors (Lipinski definition) is 1. The van der Waals surface area contributed by atoms with Gasteiger partial charge >= 0.3 is 0 Å². The number of nitrogens with one attached hydrogen (secondary N) is 1. The third-order valence-corrected chi connectivity index (χ3v) is 5.02. The van der Waals surface area contributed by atoms with Crippen molar-refractivity contribution in [1.29, 1.82) is 0 Å². The monoisotopic (exact) mass is 337 g/mol. The molecule has 1 aromatic heterocycles. The summed E-state index contributed by atoms with van der Waals surface area (Å²) in [6.07, 6.45) is 9.07. The minimum atomic E-state index is 0.278. The predicted molar refractivity (Wildman–Crippen MR) is 82.7 cm³/mol. The van der Waals surface area contributed by atoms with E-state index in [4.69, 9.17) is 0 Å². The van der Waals surface area contributed by atoms with E-state index in [1.165, 1.54) is 12.1 Å². The molecule has 2 heterocycles. The first-order valence-corrected chi connectivity index (χ1v) is 8.18. The van der Waals surface area contributed by atoms with Crippen LogP contribution in [0.4, 0.5) is 5.69 Å². The lowest BCUT2D eigenvalue weighted by molar-refractivity contribution is -0.128. The van der Waals surface area contributed by atoms with Crippen molar-refractivity contribution in [3.8, 4) is 0 Å². The molecular weight excluding hydrogens is 318 g/mol. The van der Waals surface area contributed by atoms with Crippen molar-refractivity contribution in [1.82, 2.24) is 10.3 Å². The van der Waals surface area contributed by atoms with Crippen LogP contribution in [0.15, 0.2) is 22.9 Å². The van der Waals surface area contributed by atoms with Gasteiger partial charge in [-0.2, -0.15) is 0 Å². The number of amides is 1. The second-order valence-corrected chi connectivity index (χ2v) is 6.58. The lowest BCUT2D eigenvalue weighted by Crippen LogP contribution is -2.47. The highest BCUT2D eigenvalue weighted by molar-refractivity contribution is 9.10.